The fourth-order valence-corrected chi connectivity index (χ4v) is 3.87. The second-order valence-corrected chi connectivity index (χ2v) is 7.85. The summed E-state index contributed by atoms with van der Waals surface area (Å²) in [6, 6.07) is 18.4. The molecule has 0 aliphatic carbocycles. The van der Waals surface area contributed by atoms with E-state index in [0.717, 1.165) is 38.7 Å². The van der Waals surface area contributed by atoms with E-state index in [-0.39, 0.29) is 5.91 Å². The van der Waals surface area contributed by atoms with E-state index in [0.29, 0.717) is 12.0 Å². The smallest absolute Gasteiger partial charge is 0.251 e. The number of hydrogen-bond donors (Lipinski definition) is 1. The third-order valence-electron chi connectivity index (χ3n) is 5.64. The third kappa shape index (κ3) is 4.41. The van der Waals surface area contributed by atoms with Gasteiger partial charge >= 0.3 is 0 Å². The predicted molar refractivity (Wildman–Crippen MR) is 140 cm³/mol. The molecule has 0 saturated heterocycles. The summed E-state index contributed by atoms with van der Waals surface area (Å²) in [4.78, 5) is 12.8. The van der Waals surface area contributed by atoms with Gasteiger partial charge in [-0.25, -0.2) is 4.68 Å². The Kier molecular flexibility index (Phi) is 6.36. The lowest BCUT2D eigenvalue weighted by molar-refractivity contribution is -0.112. The number of hydrogen-bond acceptors (Lipinski definition) is 2. The molecule has 1 aromatic heterocycles. The second-order valence-electron chi connectivity index (χ2n) is 7.85. The van der Waals surface area contributed by atoms with Gasteiger partial charge in [-0.05, 0) is 55.1 Å². The van der Waals surface area contributed by atoms with Crippen molar-refractivity contribution in [3.05, 3.63) is 109 Å². The topological polar surface area (TPSA) is 46.9 Å². The molecule has 1 heterocycles. The molecule has 1 amide bonds. The van der Waals surface area contributed by atoms with E-state index >= 15 is 0 Å². The molecule has 0 bridgehead atoms. The van der Waals surface area contributed by atoms with Gasteiger partial charge in [0.1, 0.15) is 0 Å². The molecule has 1 N–H and O–H groups in total. The molecule has 0 saturated carbocycles. The number of aryl methyl sites for hydroxylation is 1. The van der Waals surface area contributed by atoms with Crippen molar-refractivity contribution in [1.82, 2.24) is 9.78 Å². The van der Waals surface area contributed by atoms with Gasteiger partial charge in [-0.1, -0.05) is 74.2 Å². The first-order valence-electron chi connectivity index (χ1n) is 11.0. The molecule has 3 aromatic carbocycles. The Bertz CT molecular complexity index is 1420. The molecular weight excluding hydrogens is 406 g/mol. The lowest BCUT2D eigenvalue weighted by Crippen LogP contribution is -2.13. The minimum Gasteiger partial charge on any atom is -0.322 e. The average Bonchev–Trinajstić information content (AvgIpc) is 3.21. The van der Waals surface area contributed by atoms with Gasteiger partial charge in [-0.3, -0.25) is 4.79 Å². The molecule has 0 radical (unpaired) electrons. The molecule has 33 heavy (non-hydrogen) atoms. The number of amides is 1. The largest absolute Gasteiger partial charge is 0.322 e. The predicted octanol–water partition coefficient (Wildman–Crippen LogP) is 7.15. The molecule has 0 atom stereocenters. The van der Waals surface area contributed by atoms with Gasteiger partial charge in [-0.15, -0.1) is 0 Å². The summed E-state index contributed by atoms with van der Waals surface area (Å²) < 4.78 is 1.96. The molecule has 4 heteroatoms. The molecular formula is C29H27N3O. The Balaban J connectivity index is 1.84. The van der Waals surface area contributed by atoms with Crippen LogP contribution in [0.2, 0.25) is 0 Å². The minimum atomic E-state index is -0.114. The van der Waals surface area contributed by atoms with Crippen LogP contribution in [0, 0.1) is 6.92 Å². The van der Waals surface area contributed by atoms with Crippen molar-refractivity contribution in [2.45, 2.75) is 20.3 Å². The van der Waals surface area contributed by atoms with Crippen molar-refractivity contribution in [2.24, 2.45) is 0 Å². The third-order valence-corrected chi connectivity index (χ3v) is 5.64. The summed E-state index contributed by atoms with van der Waals surface area (Å²) in [7, 11) is 0. The maximum absolute atomic E-state index is 12.8. The highest BCUT2D eigenvalue weighted by molar-refractivity contribution is 6.11. The van der Waals surface area contributed by atoms with Crippen molar-refractivity contribution in [2.75, 3.05) is 5.32 Å². The maximum atomic E-state index is 12.8. The van der Waals surface area contributed by atoms with Crippen LogP contribution >= 0.6 is 0 Å². The van der Waals surface area contributed by atoms with E-state index in [4.69, 9.17) is 5.10 Å². The molecule has 0 unspecified atom stereocenters. The molecule has 4 rings (SSSR count). The van der Waals surface area contributed by atoms with Crippen molar-refractivity contribution >= 4 is 39.3 Å². The highest BCUT2D eigenvalue weighted by Gasteiger charge is 2.15. The van der Waals surface area contributed by atoms with E-state index in [9.17, 15) is 4.79 Å². The number of aromatic nitrogens is 2. The Morgan fingerprint density at radius 1 is 1.03 bits per heavy atom. The highest BCUT2D eigenvalue weighted by Crippen LogP contribution is 2.32. The number of carbonyl (C=O) groups excluding carboxylic acids is 1. The van der Waals surface area contributed by atoms with Crippen LogP contribution in [0.4, 0.5) is 5.69 Å². The maximum Gasteiger partial charge on any atom is 0.251 e. The van der Waals surface area contributed by atoms with E-state index in [1.165, 1.54) is 5.56 Å². The highest BCUT2D eigenvalue weighted by atomic mass is 16.1. The van der Waals surface area contributed by atoms with Crippen LogP contribution in [-0.4, -0.2) is 15.7 Å². The standard InChI is InChI=1S/C29H27N3O/c1-5-8-9-10-21(6-2)29(33)30-23-15-13-22-14-18-25-27(7-3)31-32(28(25)26(22)19-23)24-16-11-20(4)12-17-24/h5,7-19H,1,3,6H2,2,4H3,(H,30,33)/b9-8-,21-10+. The van der Waals surface area contributed by atoms with Crippen molar-refractivity contribution in [1.29, 1.82) is 0 Å². The van der Waals surface area contributed by atoms with Gasteiger partial charge in [-0.2, -0.15) is 5.10 Å². The van der Waals surface area contributed by atoms with Gasteiger partial charge in [0, 0.05) is 22.0 Å². The lowest BCUT2D eigenvalue weighted by atomic mass is 10.0. The number of nitrogens with zero attached hydrogens (tertiary/aromatic N) is 2. The zero-order chi connectivity index (χ0) is 23.4. The number of carbonyl (C=O) groups is 1. The molecule has 164 valence electrons. The minimum absolute atomic E-state index is 0.114. The molecule has 4 nitrogen and oxygen atoms in total. The molecule has 0 fully saturated rings. The summed E-state index contributed by atoms with van der Waals surface area (Å²) in [5.41, 5.74) is 5.42. The number of allylic oxidation sites excluding steroid dienone is 4. The number of nitrogens with one attached hydrogen (secondary N) is 1. The summed E-state index contributed by atoms with van der Waals surface area (Å²) in [6.45, 7) is 11.6. The van der Waals surface area contributed by atoms with Gasteiger partial charge in [0.15, 0.2) is 0 Å². The fourth-order valence-electron chi connectivity index (χ4n) is 3.87. The lowest BCUT2D eigenvalue weighted by Gasteiger charge is -2.10. The number of fused-ring (bicyclic) bond motifs is 3. The van der Waals surface area contributed by atoms with E-state index in [2.05, 4.69) is 61.8 Å². The SMILES string of the molecule is C=C/C=C\C=C(/CC)C(=O)Nc1ccc2ccc3c(C=C)nn(-c4ccc(C)cc4)c3c2c1. The van der Waals surface area contributed by atoms with E-state index in [1.807, 2.05) is 42.0 Å². The Morgan fingerprint density at radius 2 is 1.79 bits per heavy atom. The van der Waals surface area contributed by atoms with E-state index in [1.54, 1.807) is 18.2 Å². The molecule has 0 spiro atoms. The van der Waals surface area contributed by atoms with Crippen molar-refractivity contribution < 1.29 is 4.79 Å². The zero-order valence-electron chi connectivity index (χ0n) is 19.0. The van der Waals surface area contributed by atoms with E-state index < -0.39 is 0 Å². The van der Waals surface area contributed by atoms with Crippen LogP contribution in [0.1, 0.15) is 24.6 Å². The Morgan fingerprint density at radius 3 is 2.48 bits per heavy atom. The molecule has 0 aliphatic heterocycles. The van der Waals surface area contributed by atoms with Crippen LogP contribution < -0.4 is 5.32 Å². The fraction of sp³-hybridized carbons (Fsp3) is 0.103. The van der Waals surface area contributed by atoms with Crippen LogP contribution in [0.25, 0.3) is 33.4 Å². The van der Waals surface area contributed by atoms with Gasteiger partial charge in [0.25, 0.3) is 5.91 Å². The molecule has 4 aromatic rings. The summed E-state index contributed by atoms with van der Waals surface area (Å²) in [6.07, 6.45) is 9.54. The molecule has 0 aliphatic rings. The monoisotopic (exact) mass is 433 g/mol. The van der Waals surface area contributed by atoms with Crippen LogP contribution in [0.3, 0.4) is 0 Å². The first-order valence-corrected chi connectivity index (χ1v) is 11.0. The first-order chi connectivity index (χ1) is 16.0. The Hall–Kier alpha value is -4.18. The van der Waals surface area contributed by atoms with Gasteiger partial charge < -0.3 is 5.32 Å². The van der Waals surface area contributed by atoms with Crippen LogP contribution in [0.5, 0.6) is 0 Å². The van der Waals surface area contributed by atoms with Gasteiger partial charge in [0.05, 0.1) is 16.9 Å². The number of rotatable bonds is 7. The van der Waals surface area contributed by atoms with Gasteiger partial charge in [0.2, 0.25) is 0 Å². The van der Waals surface area contributed by atoms with Crippen molar-refractivity contribution in [3.63, 3.8) is 0 Å². The first kappa shape index (κ1) is 22.0. The number of anilines is 1. The summed E-state index contributed by atoms with van der Waals surface area (Å²) in [5, 5.41) is 11.0. The van der Waals surface area contributed by atoms with Crippen molar-refractivity contribution in [3.8, 4) is 5.69 Å². The van der Waals surface area contributed by atoms with Crippen LogP contribution in [-0.2, 0) is 4.79 Å². The Labute approximate surface area is 194 Å². The quantitative estimate of drug-likeness (QED) is 0.248. The number of benzene rings is 3. The second kappa shape index (κ2) is 9.53. The average molecular weight is 434 g/mol. The summed E-state index contributed by atoms with van der Waals surface area (Å²) >= 11 is 0. The normalized spacial score (nSPS) is 11.9. The van der Waals surface area contributed by atoms with Crippen LogP contribution in [0.15, 0.2) is 97.6 Å². The zero-order valence-corrected chi connectivity index (χ0v) is 19.0. The summed E-state index contributed by atoms with van der Waals surface area (Å²) in [5.74, 6) is -0.114.